The highest BCUT2D eigenvalue weighted by molar-refractivity contribution is 7.12. The maximum atomic E-state index is 14.4. The first-order chi connectivity index (χ1) is 17.6. The van der Waals surface area contributed by atoms with Crippen LogP contribution in [-0.2, 0) is 4.79 Å². The van der Waals surface area contributed by atoms with Gasteiger partial charge in [0.05, 0.1) is 4.88 Å². The molecule has 1 aliphatic rings. The molecule has 3 nitrogen and oxygen atoms in total. The van der Waals surface area contributed by atoms with Gasteiger partial charge < -0.3 is 0 Å². The molecule has 4 rings (SSSR count). The lowest BCUT2D eigenvalue weighted by Crippen LogP contribution is -2.28. The minimum atomic E-state index is -2.27. The topological polar surface area (TPSA) is 41.8 Å². The lowest BCUT2D eigenvalue weighted by Gasteiger charge is -2.31. The number of carbonyl (C=O) groups excluding carboxylic acids is 1. The summed E-state index contributed by atoms with van der Waals surface area (Å²) in [5.74, 6) is -10.8. The molecule has 0 amide bonds. The Morgan fingerprint density at radius 2 is 1.26 bits per heavy atom. The van der Waals surface area contributed by atoms with Crippen molar-refractivity contribution in [1.82, 2.24) is 0 Å². The fraction of sp³-hybridized carbons (Fsp3) is 0.276. The molecule has 1 aliphatic carbocycles. The third-order valence-electron chi connectivity index (χ3n) is 6.14. The highest BCUT2D eigenvalue weighted by atomic mass is 32.1. The van der Waals surface area contributed by atoms with Crippen molar-refractivity contribution in [3.63, 3.8) is 0 Å². The Kier molecular flexibility index (Phi) is 7.03. The Hall–Kier alpha value is -3.46. The zero-order valence-electron chi connectivity index (χ0n) is 21.6. The highest BCUT2D eigenvalue weighted by Gasteiger charge is 2.35. The highest BCUT2D eigenvalue weighted by Crippen LogP contribution is 2.43. The van der Waals surface area contributed by atoms with Gasteiger partial charge in [-0.05, 0) is 33.7 Å². The molecule has 0 saturated heterocycles. The zero-order valence-corrected chi connectivity index (χ0v) is 22.5. The van der Waals surface area contributed by atoms with E-state index in [9.17, 15) is 26.7 Å². The van der Waals surface area contributed by atoms with Gasteiger partial charge in [-0.2, -0.15) is 0 Å². The van der Waals surface area contributed by atoms with Gasteiger partial charge >= 0.3 is 0 Å². The van der Waals surface area contributed by atoms with E-state index in [1.807, 2.05) is 65.1 Å². The van der Waals surface area contributed by atoms with E-state index in [2.05, 4.69) is 10.2 Å². The van der Waals surface area contributed by atoms with Crippen molar-refractivity contribution < 1.29 is 26.7 Å². The summed E-state index contributed by atoms with van der Waals surface area (Å²) >= 11 is 1.28. The van der Waals surface area contributed by atoms with Gasteiger partial charge in [-0.1, -0.05) is 65.8 Å². The normalized spacial score (nSPS) is 14.9. The number of Topliss-reactive ketones (excluding diaryl/α,β-unsaturated/α-hetero) is 1. The molecule has 0 atom stereocenters. The molecule has 2 aromatic carbocycles. The number of halogens is 5. The maximum Gasteiger partial charge on any atom is 0.200 e. The number of azo groups is 1. The first-order valence-electron chi connectivity index (χ1n) is 11.8. The molecular formula is C29H25F5N2OS. The Bertz CT molecular complexity index is 1530. The van der Waals surface area contributed by atoms with Crippen LogP contribution in [0.1, 0.15) is 46.4 Å². The van der Waals surface area contributed by atoms with Crippen LogP contribution >= 0.6 is 11.3 Å². The molecule has 0 radical (unpaired) electrons. The van der Waals surface area contributed by atoms with Crippen LogP contribution in [0.15, 0.2) is 68.7 Å². The number of fused-ring (bicyclic) bond motifs is 1. The number of ketones is 1. The summed E-state index contributed by atoms with van der Waals surface area (Å²) < 4.78 is 70.1. The minimum absolute atomic E-state index is 0.135. The average Bonchev–Trinajstić information content (AvgIpc) is 3.26. The standard InChI is InChI=1S/C29H25F5N2OS/c1-28(2,3)17-11-15(12-18(26(17)37)29(4,5)6)24(27-16-10-8-7-9-14(16)13-38-27)35-36-25-22(33)20(31)19(30)21(32)23(25)34/h7-13H,1-6H3. The van der Waals surface area contributed by atoms with Crippen molar-refractivity contribution in [2.45, 2.75) is 41.5 Å². The number of benzene rings is 2. The summed E-state index contributed by atoms with van der Waals surface area (Å²) in [4.78, 5) is 14.0. The number of nitrogens with zero attached hydrogens (tertiary/aromatic N) is 2. The first kappa shape index (κ1) is 27.6. The number of rotatable bonds is 3. The van der Waals surface area contributed by atoms with Gasteiger partial charge in [-0.15, -0.1) is 21.6 Å². The van der Waals surface area contributed by atoms with Crippen LogP contribution in [-0.4, -0.2) is 5.78 Å². The minimum Gasteiger partial charge on any atom is -0.289 e. The number of hydrogen-bond donors (Lipinski definition) is 0. The summed E-state index contributed by atoms with van der Waals surface area (Å²) in [6.45, 7) is 11.3. The Morgan fingerprint density at radius 1 is 0.763 bits per heavy atom. The number of thiophene rings is 1. The number of hydrogen-bond acceptors (Lipinski definition) is 4. The van der Waals surface area contributed by atoms with Gasteiger partial charge in [-0.3, -0.25) is 4.79 Å². The summed E-state index contributed by atoms with van der Waals surface area (Å²) in [6.07, 6.45) is 3.30. The molecule has 0 N–H and O–H groups in total. The van der Waals surface area contributed by atoms with Crippen molar-refractivity contribution >= 4 is 39.3 Å². The average molecular weight is 545 g/mol. The summed E-state index contributed by atoms with van der Waals surface area (Å²) in [5.41, 5.74) is -0.972. The van der Waals surface area contributed by atoms with E-state index < -0.39 is 45.6 Å². The van der Waals surface area contributed by atoms with Crippen LogP contribution in [0.3, 0.4) is 0 Å². The molecule has 1 aromatic heterocycles. The van der Waals surface area contributed by atoms with Crippen molar-refractivity contribution in [3.05, 3.63) is 92.5 Å². The third kappa shape index (κ3) is 4.87. The van der Waals surface area contributed by atoms with Crippen molar-refractivity contribution in [1.29, 1.82) is 0 Å². The molecule has 9 heteroatoms. The smallest absolute Gasteiger partial charge is 0.200 e. The second-order valence-corrected chi connectivity index (χ2v) is 11.9. The fourth-order valence-electron chi connectivity index (χ4n) is 4.07. The second kappa shape index (κ2) is 9.69. The van der Waals surface area contributed by atoms with E-state index in [0.717, 1.165) is 10.8 Å². The van der Waals surface area contributed by atoms with Gasteiger partial charge in [0.2, 0.25) is 5.82 Å². The van der Waals surface area contributed by atoms with Crippen LogP contribution in [0.25, 0.3) is 16.5 Å². The van der Waals surface area contributed by atoms with E-state index in [0.29, 0.717) is 21.6 Å². The summed E-state index contributed by atoms with van der Waals surface area (Å²) in [5, 5.41) is 11.1. The summed E-state index contributed by atoms with van der Waals surface area (Å²) in [6, 6.07) is 7.35. The van der Waals surface area contributed by atoms with Crippen LogP contribution < -0.4 is 0 Å². The fourth-order valence-corrected chi connectivity index (χ4v) is 5.10. The van der Waals surface area contributed by atoms with Gasteiger partial charge in [0.25, 0.3) is 0 Å². The Balaban J connectivity index is 2.08. The monoisotopic (exact) mass is 544 g/mol. The van der Waals surface area contributed by atoms with E-state index in [1.54, 1.807) is 18.2 Å². The number of carbonyl (C=O) groups is 1. The molecule has 0 saturated carbocycles. The molecule has 38 heavy (non-hydrogen) atoms. The molecular weight excluding hydrogens is 519 g/mol. The van der Waals surface area contributed by atoms with Crippen molar-refractivity contribution in [2.24, 2.45) is 21.1 Å². The predicted molar refractivity (Wildman–Crippen MR) is 140 cm³/mol. The molecule has 3 aromatic rings. The molecule has 0 aliphatic heterocycles. The van der Waals surface area contributed by atoms with E-state index in [-0.39, 0.29) is 11.5 Å². The molecule has 198 valence electrons. The molecule has 0 bridgehead atoms. The van der Waals surface area contributed by atoms with E-state index in [1.165, 1.54) is 11.3 Å². The Morgan fingerprint density at radius 3 is 1.79 bits per heavy atom. The zero-order chi connectivity index (χ0) is 28.2. The van der Waals surface area contributed by atoms with Gasteiger partial charge in [0.1, 0.15) is 5.70 Å². The van der Waals surface area contributed by atoms with Crippen LogP contribution in [0.4, 0.5) is 27.6 Å². The lowest BCUT2D eigenvalue weighted by molar-refractivity contribution is -0.114. The van der Waals surface area contributed by atoms with Gasteiger partial charge in [0, 0.05) is 22.1 Å². The van der Waals surface area contributed by atoms with Crippen LogP contribution in [0.5, 0.6) is 0 Å². The second-order valence-electron chi connectivity index (χ2n) is 11.0. The third-order valence-corrected chi connectivity index (χ3v) is 7.16. The predicted octanol–water partition coefficient (Wildman–Crippen LogP) is 9.62. The first-order valence-corrected chi connectivity index (χ1v) is 12.6. The molecule has 1 heterocycles. The van der Waals surface area contributed by atoms with E-state index >= 15 is 0 Å². The van der Waals surface area contributed by atoms with Gasteiger partial charge in [-0.25, -0.2) is 22.0 Å². The molecule has 0 fully saturated rings. The quantitative estimate of drug-likeness (QED) is 0.140. The largest absolute Gasteiger partial charge is 0.289 e. The molecule has 0 unspecified atom stereocenters. The van der Waals surface area contributed by atoms with Crippen molar-refractivity contribution in [2.75, 3.05) is 0 Å². The Labute approximate surface area is 221 Å². The van der Waals surface area contributed by atoms with E-state index in [4.69, 9.17) is 0 Å². The van der Waals surface area contributed by atoms with Crippen LogP contribution in [0.2, 0.25) is 0 Å². The molecule has 0 spiro atoms. The summed E-state index contributed by atoms with van der Waals surface area (Å²) in [7, 11) is 0. The van der Waals surface area contributed by atoms with Gasteiger partial charge in [0.15, 0.2) is 34.7 Å². The lowest BCUT2D eigenvalue weighted by atomic mass is 9.71. The number of allylic oxidation sites excluding steroid dienone is 5. The van der Waals surface area contributed by atoms with Crippen molar-refractivity contribution in [3.8, 4) is 0 Å². The van der Waals surface area contributed by atoms with Crippen LogP contribution in [0, 0.1) is 39.9 Å². The SMILES string of the molecule is CC(C)(C)C1=CC(=C(N=Nc2c(F)c(F)c(F)c(F)c2F)c2scc3ccccc23)C=C(C(C)(C)C)C1=O. The maximum absolute atomic E-state index is 14.4.